The summed E-state index contributed by atoms with van der Waals surface area (Å²) in [6, 6.07) is 4.50. The molecule has 1 aromatic carbocycles. The third-order valence-electron chi connectivity index (χ3n) is 4.44. The molecule has 1 N–H and O–H groups in total. The minimum Gasteiger partial charge on any atom is -0.495 e. The molecule has 9 heteroatoms. The number of carbonyl (C=O) groups excluding carboxylic acids is 3. The molecule has 0 atom stereocenters. The van der Waals surface area contributed by atoms with Crippen LogP contribution >= 0.6 is 0 Å². The van der Waals surface area contributed by atoms with Gasteiger partial charge in [0.1, 0.15) is 30.4 Å². The van der Waals surface area contributed by atoms with E-state index in [1.54, 1.807) is 19.1 Å². The van der Waals surface area contributed by atoms with Crippen LogP contribution in [0, 0.1) is 0 Å². The number of hydrogen-bond donors (Lipinski definition) is 1. The van der Waals surface area contributed by atoms with Crippen LogP contribution in [0.15, 0.2) is 43.5 Å². The van der Waals surface area contributed by atoms with Crippen molar-refractivity contribution in [2.24, 2.45) is 0 Å². The van der Waals surface area contributed by atoms with Crippen molar-refractivity contribution in [2.45, 2.75) is 6.92 Å². The highest BCUT2D eigenvalue weighted by molar-refractivity contribution is 6.18. The maximum Gasteiger partial charge on any atom is 0.356 e. The lowest BCUT2D eigenvalue weighted by atomic mass is 10.0. The van der Waals surface area contributed by atoms with E-state index >= 15 is 0 Å². The van der Waals surface area contributed by atoms with E-state index in [1.807, 2.05) is 0 Å². The molecule has 0 aliphatic rings. The molecule has 0 aliphatic heterocycles. The van der Waals surface area contributed by atoms with Crippen LogP contribution < -0.4 is 4.74 Å². The second kappa shape index (κ2) is 9.78. The van der Waals surface area contributed by atoms with Crippen molar-refractivity contribution in [1.29, 1.82) is 0 Å². The molecule has 9 nitrogen and oxygen atoms in total. The normalized spacial score (nSPS) is 10.6. The van der Waals surface area contributed by atoms with Crippen molar-refractivity contribution in [3.05, 3.63) is 60.5 Å². The Morgan fingerprint density at radius 3 is 2.31 bits per heavy atom. The molecule has 0 aliphatic carbocycles. The van der Waals surface area contributed by atoms with E-state index in [9.17, 15) is 14.4 Å². The zero-order valence-electron chi connectivity index (χ0n) is 17.7. The average Bonchev–Trinajstić information content (AvgIpc) is 3.24. The molecule has 3 rings (SSSR count). The van der Waals surface area contributed by atoms with E-state index in [2.05, 4.69) is 23.1 Å². The van der Waals surface area contributed by atoms with E-state index in [0.717, 1.165) is 0 Å². The topological polar surface area (TPSA) is 117 Å². The molecule has 0 saturated carbocycles. The number of nitrogens with one attached hydrogen (secondary N) is 1. The molecular formula is C23H22N2O7. The third kappa shape index (κ3) is 4.31. The lowest BCUT2D eigenvalue weighted by molar-refractivity contribution is 0.0515. The second-order valence-electron chi connectivity index (χ2n) is 6.50. The number of nitrogens with zero attached hydrogens (tertiary/aromatic N) is 1. The first-order chi connectivity index (χ1) is 15.4. The van der Waals surface area contributed by atoms with Gasteiger partial charge in [0.05, 0.1) is 30.3 Å². The van der Waals surface area contributed by atoms with Gasteiger partial charge in [-0.1, -0.05) is 25.3 Å². The van der Waals surface area contributed by atoms with Gasteiger partial charge in [-0.05, 0) is 25.1 Å². The summed E-state index contributed by atoms with van der Waals surface area (Å²) in [7, 11) is 1.44. The Kier molecular flexibility index (Phi) is 6.89. The molecule has 0 bridgehead atoms. The number of benzene rings is 1. The van der Waals surface area contributed by atoms with Gasteiger partial charge in [0.15, 0.2) is 0 Å². The number of aromatic nitrogens is 2. The quantitative estimate of drug-likeness (QED) is 0.306. The van der Waals surface area contributed by atoms with Gasteiger partial charge in [0.25, 0.3) is 0 Å². The smallest absolute Gasteiger partial charge is 0.356 e. The predicted molar refractivity (Wildman–Crippen MR) is 117 cm³/mol. The summed E-state index contributed by atoms with van der Waals surface area (Å²) in [5.41, 5.74) is 0.781. The van der Waals surface area contributed by atoms with Crippen molar-refractivity contribution in [2.75, 3.05) is 26.9 Å². The first-order valence-electron chi connectivity index (χ1n) is 9.72. The maximum absolute atomic E-state index is 12.9. The summed E-state index contributed by atoms with van der Waals surface area (Å²) >= 11 is 0. The molecule has 166 valence electrons. The van der Waals surface area contributed by atoms with Crippen molar-refractivity contribution in [3.63, 3.8) is 0 Å². The van der Waals surface area contributed by atoms with Crippen LogP contribution in [0.4, 0.5) is 0 Å². The SMILES string of the molecule is C=CCOC(=O)c1cc(C(=O)OCC=C)c2c([nH]1)c(OC)cc1cc(C(=O)OCC)nc12. The molecule has 0 unspecified atom stereocenters. The Bertz CT molecular complexity index is 1230. The summed E-state index contributed by atoms with van der Waals surface area (Å²) in [6.45, 7) is 8.88. The molecule has 0 radical (unpaired) electrons. The number of pyridine rings is 1. The number of ether oxygens (including phenoxy) is 4. The van der Waals surface area contributed by atoms with Gasteiger partial charge in [-0.15, -0.1) is 0 Å². The Hall–Kier alpha value is -4.14. The minimum atomic E-state index is -0.711. The largest absolute Gasteiger partial charge is 0.495 e. The summed E-state index contributed by atoms with van der Waals surface area (Å²) in [4.78, 5) is 44.9. The minimum absolute atomic E-state index is 0.000254. The standard InChI is InChI=1S/C23H22N2O7/c1-5-8-31-21(26)14-12-16(23(28)32-9-6-2)25-20-17(29-4)11-13-10-15(22(27)30-7-3)24-19(13)18(14)20/h5-6,10-12,25H,1-2,7-9H2,3-4H3. The van der Waals surface area contributed by atoms with Gasteiger partial charge in [0.2, 0.25) is 0 Å². The monoisotopic (exact) mass is 438 g/mol. The fourth-order valence-corrected chi connectivity index (χ4v) is 3.14. The van der Waals surface area contributed by atoms with Crippen LogP contribution in [0.25, 0.3) is 21.8 Å². The molecule has 0 spiro atoms. The lowest BCUT2D eigenvalue weighted by Crippen LogP contribution is -2.13. The molecule has 3 aromatic rings. The molecule has 2 heterocycles. The highest BCUT2D eigenvalue weighted by atomic mass is 16.5. The zero-order chi connectivity index (χ0) is 23.3. The number of esters is 3. The number of aromatic amines is 1. The molecular weight excluding hydrogens is 416 g/mol. The van der Waals surface area contributed by atoms with Crippen LogP contribution in [-0.4, -0.2) is 54.8 Å². The first-order valence-corrected chi connectivity index (χ1v) is 9.72. The van der Waals surface area contributed by atoms with E-state index in [4.69, 9.17) is 18.9 Å². The lowest BCUT2D eigenvalue weighted by Gasteiger charge is -2.13. The van der Waals surface area contributed by atoms with Crippen LogP contribution in [0.3, 0.4) is 0 Å². The summed E-state index contributed by atoms with van der Waals surface area (Å²) < 4.78 is 20.8. The average molecular weight is 438 g/mol. The van der Waals surface area contributed by atoms with Crippen LogP contribution in [0.5, 0.6) is 5.75 Å². The van der Waals surface area contributed by atoms with Crippen molar-refractivity contribution in [3.8, 4) is 5.75 Å². The second-order valence-corrected chi connectivity index (χ2v) is 6.50. The number of methoxy groups -OCH3 is 1. The fourth-order valence-electron chi connectivity index (χ4n) is 3.14. The van der Waals surface area contributed by atoms with Crippen molar-refractivity contribution >= 4 is 39.7 Å². The molecule has 0 amide bonds. The van der Waals surface area contributed by atoms with Crippen LogP contribution in [0.1, 0.15) is 38.3 Å². The van der Waals surface area contributed by atoms with E-state index in [-0.39, 0.29) is 36.8 Å². The molecule has 0 fully saturated rings. The van der Waals surface area contributed by atoms with E-state index in [0.29, 0.717) is 27.6 Å². The summed E-state index contributed by atoms with van der Waals surface area (Å²) in [6.07, 6.45) is 2.84. The fraction of sp³-hybridized carbons (Fsp3) is 0.217. The molecule has 32 heavy (non-hydrogen) atoms. The number of rotatable bonds is 9. The van der Waals surface area contributed by atoms with E-state index < -0.39 is 17.9 Å². The Morgan fingerprint density at radius 2 is 1.69 bits per heavy atom. The number of carbonyl (C=O) groups is 3. The van der Waals surface area contributed by atoms with Gasteiger partial charge in [-0.25, -0.2) is 19.4 Å². The van der Waals surface area contributed by atoms with Gasteiger partial charge >= 0.3 is 17.9 Å². The van der Waals surface area contributed by atoms with Gasteiger partial charge in [0, 0.05) is 10.8 Å². The van der Waals surface area contributed by atoms with E-state index in [1.165, 1.54) is 25.3 Å². The van der Waals surface area contributed by atoms with Crippen LogP contribution in [-0.2, 0) is 14.2 Å². The highest BCUT2D eigenvalue weighted by Crippen LogP contribution is 2.35. The molecule has 2 aromatic heterocycles. The van der Waals surface area contributed by atoms with Crippen LogP contribution in [0.2, 0.25) is 0 Å². The number of H-pyrrole nitrogens is 1. The first kappa shape index (κ1) is 22.5. The Balaban J connectivity index is 2.33. The highest BCUT2D eigenvalue weighted by Gasteiger charge is 2.24. The van der Waals surface area contributed by atoms with Crippen molar-refractivity contribution < 1.29 is 33.3 Å². The summed E-state index contributed by atoms with van der Waals surface area (Å²) in [5.74, 6) is -1.68. The summed E-state index contributed by atoms with van der Waals surface area (Å²) in [5, 5.41) is 0.870. The van der Waals surface area contributed by atoms with Gasteiger partial charge < -0.3 is 23.9 Å². The Labute approximate surface area is 183 Å². The van der Waals surface area contributed by atoms with Crippen molar-refractivity contribution in [1.82, 2.24) is 9.97 Å². The van der Waals surface area contributed by atoms with Gasteiger partial charge in [-0.3, -0.25) is 0 Å². The number of fused-ring (bicyclic) bond motifs is 3. The van der Waals surface area contributed by atoms with Gasteiger partial charge in [-0.2, -0.15) is 0 Å². The zero-order valence-corrected chi connectivity index (χ0v) is 17.7. The maximum atomic E-state index is 12.9. The number of hydrogen-bond acceptors (Lipinski definition) is 8. The Morgan fingerprint density at radius 1 is 1.00 bits per heavy atom. The third-order valence-corrected chi connectivity index (χ3v) is 4.44. The molecule has 0 saturated heterocycles. The predicted octanol–water partition coefficient (Wildman–Crippen LogP) is 3.59.